The van der Waals surface area contributed by atoms with Gasteiger partial charge in [-0.3, -0.25) is 4.79 Å². The second-order valence-electron chi connectivity index (χ2n) is 8.17. The van der Waals surface area contributed by atoms with Crippen molar-refractivity contribution in [1.29, 1.82) is 0 Å². The summed E-state index contributed by atoms with van der Waals surface area (Å²) in [5.41, 5.74) is 2.40. The first-order valence-corrected chi connectivity index (χ1v) is 10.8. The molecule has 1 amide bonds. The van der Waals surface area contributed by atoms with E-state index in [1.165, 1.54) is 25.6 Å². The highest BCUT2D eigenvalue weighted by Crippen LogP contribution is 2.28. The molecular formula is C23H25N7O. The number of anilines is 1. The monoisotopic (exact) mass is 415 g/mol. The van der Waals surface area contributed by atoms with Gasteiger partial charge in [0.25, 0.3) is 0 Å². The van der Waals surface area contributed by atoms with Crippen molar-refractivity contribution in [2.45, 2.75) is 45.4 Å². The Kier molecular flexibility index (Phi) is 5.19. The minimum absolute atomic E-state index is 0.0262. The molecule has 8 heteroatoms. The van der Waals surface area contributed by atoms with Crippen molar-refractivity contribution >= 4 is 22.8 Å². The number of rotatable bonds is 5. The molecule has 0 bridgehead atoms. The maximum atomic E-state index is 12.7. The molecule has 1 aliphatic carbocycles. The third-order valence-electron chi connectivity index (χ3n) is 5.84. The Morgan fingerprint density at radius 3 is 2.71 bits per heavy atom. The summed E-state index contributed by atoms with van der Waals surface area (Å²) in [6, 6.07) is 11.7. The predicted molar refractivity (Wildman–Crippen MR) is 118 cm³/mol. The number of hydrogen-bond acceptors (Lipinski definition) is 5. The van der Waals surface area contributed by atoms with E-state index in [1.807, 2.05) is 43.3 Å². The Balaban J connectivity index is 1.47. The van der Waals surface area contributed by atoms with Gasteiger partial charge in [0.1, 0.15) is 12.1 Å². The number of nitrogens with one attached hydrogen (secondary N) is 1. The van der Waals surface area contributed by atoms with Crippen molar-refractivity contribution in [2.24, 2.45) is 5.92 Å². The van der Waals surface area contributed by atoms with Gasteiger partial charge < -0.3 is 5.32 Å². The van der Waals surface area contributed by atoms with Gasteiger partial charge in [-0.05, 0) is 37.8 Å². The molecule has 0 spiro atoms. The van der Waals surface area contributed by atoms with Crippen LogP contribution in [0.5, 0.6) is 0 Å². The number of benzene rings is 1. The van der Waals surface area contributed by atoms with Crippen LogP contribution in [-0.4, -0.2) is 35.4 Å². The van der Waals surface area contributed by atoms with Gasteiger partial charge in [0.15, 0.2) is 11.5 Å². The Morgan fingerprint density at radius 1 is 1.10 bits per heavy atom. The van der Waals surface area contributed by atoms with E-state index in [-0.39, 0.29) is 5.91 Å². The summed E-state index contributed by atoms with van der Waals surface area (Å²) in [4.78, 5) is 21.6. The van der Waals surface area contributed by atoms with Crippen LogP contribution in [0.3, 0.4) is 0 Å². The lowest BCUT2D eigenvalue weighted by Gasteiger charge is -2.20. The number of para-hydroxylation sites is 1. The number of carbonyl (C=O) groups is 1. The first kappa shape index (κ1) is 19.4. The standard InChI is InChI=1S/C23H25N7O/c1-16-12-20(27-21(31)13-17-8-4-2-5-9-17)30(28-16)23-19-14-26-29(22(19)24-15-25-23)18-10-6-3-7-11-18/h3,6-7,10-12,14-15,17H,2,4-5,8-9,13H2,1H3,(H,27,31). The Hall–Kier alpha value is -3.55. The number of nitrogens with zero attached hydrogens (tertiary/aromatic N) is 6. The van der Waals surface area contributed by atoms with E-state index in [0.29, 0.717) is 29.6 Å². The lowest BCUT2D eigenvalue weighted by molar-refractivity contribution is -0.117. The van der Waals surface area contributed by atoms with Gasteiger partial charge in [-0.1, -0.05) is 37.5 Å². The Morgan fingerprint density at radius 2 is 1.90 bits per heavy atom. The third kappa shape index (κ3) is 3.93. The molecule has 0 saturated heterocycles. The smallest absolute Gasteiger partial charge is 0.225 e. The molecule has 4 aromatic rings. The van der Waals surface area contributed by atoms with Crippen LogP contribution in [0, 0.1) is 12.8 Å². The molecule has 5 rings (SSSR count). The zero-order chi connectivity index (χ0) is 21.2. The average Bonchev–Trinajstić information content (AvgIpc) is 3.38. The second-order valence-corrected chi connectivity index (χ2v) is 8.17. The van der Waals surface area contributed by atoms with E-state index in [9.17, 15) is 4.79 Å². The van der Waals surface area contributed by atoms with E-state index in [4.69, 9.17) is 0 Å². The zero-order valence-electron chi connectivity index (χ0n) is 17.5. The van der Waals surface area contributed by atoms with Gasteiger partial charge in [-0.2, -0.15) is 14.9 Å². The fourth-order valence-corrected chi connectivity index (χ4v) is 4.36. The van der Waals surface area contributed by atoms with Crippen molar-refractivity contribution in [1.82, 2.24) is 29.5 Å². The molecule has 8 nitrogen and oxygen atoms in total. The summed E-state index contributed by atoms with van der Waals surface area (Å²) in [6.45, 7) is 1.90. The molecule has 1 saturated carbocycles. The molecule has 1 fully saturated rings. The molecular weight excluding hydrogens is 390 g/mol. The lowest BCUT2D eigenvalue weighted by atomic mass is 9.87. The number of fused-ring (bicyclic) bond motifs is 1. The normalized spacial score (nSPS) is 14.7. The van der Waals surface area contributed by atoms with E-state index >= 15 is 0 Å². The van der Waals surface area contributed by atoms with Crippen LogP contribution >= 0.6 is 0 Å². The average molecular weight is 416 g/mol. The summed E-state index contributed by atoms with van der Waals surface area (Å²) in [6.07, 6.45) is 9.79. The summed E-state index contributed by atoms with van der Waals surface area (Å²) in [7, 11) is 0. The minimum Gasteiger partial charge on any atom is -0.311 e. The van der Waals surface area contributed by atoms with Gasteiger partial charge in [0.2, 0.25) is 5.91 Å². The molecule has 0 unspecified atom stereocenters. The van der Waals surface area contributed by atoms with Crippen LogP contribution in [0.2, 0.25) is 0 Å². The van der Waals surface area contributed by atoms with Crippen LogP contribution in [0.15, 0.2) is 48.9 Å². The molecule has 0 radical (unpaired) electrons. The fraction of sp³-hybridized carbons (Fsp3) is 0.348. The van der Waals surface area contributed by atoms with Crippen molar-refractivity contribution in [3.8, 4) is 11.5 Å². The minimum atomic E-state index is 0.0262. The van der Waals surface area contributed by atoms with E-state index in [2.05, 4.69) is 25.5 Å². The van der Waals surface area contributed by atoms with Crippen LogP contribution in [0.4, 0.5) is 5.82 Å². The quantitative estimate of drug-likeness (QED) is 0.527. The third-order valence-corrected chi connectivity index (χ3v) is 5.84. The van der Waals surface area contributed by atoms with Crippen LogP contribution in [0.25, 0.3) is 22.5 Å². The van der Waals surface area contributed by atoms with E-state index in [0.717, 1.165) is 29.6 Å². The highest BCUT2D eigenvalue weighted by Gasteiger charge is 2.20. The summed E-state index contributed by atoms with van der Waals surface area (Å²) >= 11 is 0. The van der Waals surface area contributed by atoms with Gasteiger partial charge in [-0.15, -0.1) is 0 Å². The van der Waals surface area contributed by atoms with Gasteiger partial charge >= 0.3 is 0 Å². The molecule has 0 atom stereocenters. The van der Waals surface area contributed by atoms with Gasteiger partial charge in [0, 0.05) is 12.5 Å². The number of hydrogen-bond donors (Lipinski definition) is 1. The van der Waals surface area contributed by atoms with Gasteiger partial charge in [-0.25, -0.2) is 14.6 Å². The van der Waals surface area contributed by atoms with Crippen molar-refractivity contribution in [3.63, 3.8) is 0 Å². The number of aryl methyl sites for hydroxylation is 1. The Bertz CT molecular complexity index is 1210. The number of aromatic nitrogens is 6. The molecule has 1 aliphatic rings. The molecule has 3 aromatic heterocycles. The first-order valence-electron chi connectivity index (χ1n) is 10.8. The number of carbonyl (C=O) groups excluding carboxylic acids is 1. The van der Waals surface area contributed by atoms with Crippen LogP contribution in [0.1, 0.15) is 44.2 Å². The fourth-order valence-electron chi connectivity index (χ4n) is 4.36. The SMILES string of the molecule is Cc1cc(NC(=O)CC2CCCCC2)n(-c2ncnc3c2cnn3-c2ccccc2)n1. The van der Waals surface area contributed by atoms with Crippen molar-refractivity contribution in [2.75, 3.05) is 5.32 Å². The highest BCUT2D eigenvalue weighted by atomic mass is 16.1. The molecule has 158 valence electrons. The van der Waals surface area contributed by atoms with Gasteiger partial charge in [0.05, 0.1) is 23.0 Å². The highest BCUT2D eigenvalue weighted by molar-refractivity contribution is 5.91. The van der Waals surface area contributed by atoms with Crippen LogP contribution < -0.4 is 5.32 Å². The summed E-state index contributed by atoms with van der Waals surface area (Å²) in [5, 5.41) is 12.9. The van der Waals surface area contributed by atoms with E-state index < -0.39 is 0 Å². The molecule has 0 aliphatic heterocycles. The largest absolute Gasteiger partial charge is 0.311 e. The summed E-state index contributed by atoms with van der Waals surface area (Å²) in [5.74, 6) is 1.71. The maximum absolute atomic E-state index is 12.7. The first-order chi connectivity index (χ1) is 15.2. The van der Waals surface area contributed by atoms with E-state index in [1.54, 1.807) is 15.6 Å². The zero-order valence-corrected chi connectivity index (χ0v) is 17.5. The number of amides is 1. The van der Waals surface area contributed by atoms with Crippen molar-refractivity contribution in [3.05, 3.63) is 54.6 Å². The lowest BCUT2D eigenvalue weighted by Crippen LogP contribution is -2.20. The van der Waals surface area contributed by atoms with Crippen molar-refractivity contribution < 1.29 is 4.79 Å². The Labute approximate surface area is 180 Å². The predicted octanol–water partition coefficient (Wildman–Crippen LogP) is 4.22. The molecule has 1 aromatic carbocycles. The maximum Gasteiger partial charge on any atom is 0.225 e. The molecule has 1 N–H and O–H groups in total. The van der Waals surface area contributed by atoms with Crippen LogP contribution in [-0.2, 0) is 4.79 Å². The second kappa shape index (κ2) is 8.29. The molecule has 3 heterocycles. The topological polar surface area (TPSA) is 90.5 Å². The molecule has 31 heavy (non-hydrogen) atoms. The summed E-state index contributed by atoms with van der Waals surface area (Å²) < 4.78 is 3.45.